The molecule has 0 N–H and O–H groups in total. The van der Waals surface area contributed by atoms with Crippen LogP contribution in [0.3, 0.4) is 0 Å². The third kappa shape index (κ3) is 2.70. The molecule has 0 radical (unpaired) electrons. The number of aryl methyl sites for hydroxylation is 1. The van der Waals surface area contributed by atoms with Crippen molar-refractivity contribution in [3.63, 3.8) is 0 Å². The second-order valence-electron chi connectivity index (χ2n) is 5.55. The van der Waals surface area contributed by atoms with E-state index in [4.69, 9.17) is 0 Å². The van der Waals surface area contributed by atoms with Crippen LogP contribution >= 0.6 is 15.9 Å². The highest BCUT2D eigenvalue weighted by Crippen LogP contribution is 2.54. The van der Waals surface area contributed by atoms with E-state index in [9.17, 15) is 9.59 Å². The highest BCUT2D eigenvalue weighted by Gasteiger charge is 2.55. The van der Waals surface area contributed by atoms with Crippen molar-refractivity contribution < 1.29 is 9.59 Å². The van der Waals surface area contributed by atoms with E-state index in [1.807, 2.05) is 55.5 Å². The van der Waals surface area contributed by atoms with Crippen LogP contribution in [0.15, 0.2) is 53.0 Å². The first-order valence-corrected chi connectivity index (χ1v) is 7.73. The summed E-state index contributed by atoms with van der Waals surface area (Å²) in [7, 11) is 0. The minimum absolute atomic E-state index is 0.0180. The highest BCUT2D eigenvalue weighted by atomic mass is 79.9. The molecule has 0 unspecified atom stereocenters. The molecule has 3 rings (SSSR count). The summed E-state index contributed by atoms with van der Waals surface area (Å²) in [4.78, 5) is 23.8. The molecule has 106 valence electrons. The first kappa shape index (κ1) is 14.2. The molecule has 1 aliphatic rings. The summed E-state index contributed by atoms with van der Waals surface area (Å²) in [5.41, 5.74) is 2.87. The minimum Gasteiger partial charge on any atom is -0.303 e. The summed E-state index contributed by atoms with van der Waals surface area (Å²) in [6, 6.07) is 15.4. The van der Waals surface area contributed by atoms with E-state index in [0.717, 1.165) is 21.9 Å². The van der Waals surface area contributed by atoms with Crippen LogP contribution in [0.25, 0.3) is 0 Å². The second-order valence-corrected chi connectivity index (χ2v) is 6.46. The SMILES string of the molecule is Cc1ccc(C(=O)[C@@H]2[C@@H](C=O)[C@@H]2c2ccc(Br)cc2)cc1. The van der Waals surface area contributed by atoms with Gasteiger partial charge in [0, 0.05) is 27.8 Å². The van der Waals surface area contributed by atoms with Gasteiger partial charge < -0.3 is 4.79 Å². The maximum absolute atomic E-state index is 12.6. The number of carbonyl (C=O) groups is 2. The monoisotopic (exact) mass is 342 g/mol. The van der Waals surface area contributed by atoms with Crippen LogP contribution in [0.1, 0.15) is 27.4 Å². The Kier molecular flexibility index (Phi) is 3.77. The molecule has 3 heteroatoms. The Labute approximate surface area is 132 Å². The Hall–Kier alpha value is -1.74. The van der Waals surface area contributed by atoms with Crippen LogP contribution in [0.5, 0.6) is 0 Å². The van der Waals surface area contributed by atoms with Crippen LogP contribution in [-0.4, -0.2) is 12.1 Å². The molecule has 2 aromatic carbocycles. The van der Waals surface area contributed by atoms with Crippen molar-refractivity contribution in [3.8, 4) is 0 Å². The molecule has 2 nitrogen and oxygen atoms in total. The lowest BCUT2D eigenvalue weighted by atomic mass is 10.0. The zero-order valence-corrected chi connectivity index (χ0v) is 13.2. The average Bonchev–Trinajstić information content (AvgIpc) is 3.22. The van der Waals surface area contributed by atoms with Gasteiger partial charge in [0.05, 0.1) is 0 Å². The van der Waals surface area contributed by atoms with E-state index >= 15 is 0 Å². The fourth-order valence-corrected chi connectivity index (χ4v) is 3.13. The standard InChI is InChI=1S/C18H15BrO2/c1-11-2-4-13(5-3-11)18(21)17-15(10-20)16(17)12-6-8-14(19)9-7-12/h2-10,15-17H,1H3/t15-,16-,17+/m0/s1. The number of hydrogen-bond acceptors (Lipinski definition) is 2. The van der Waals surface area contributed by atoms with E-state index in [0.29, 0.717) is 5.56 Å². The van der Waals surface area contributed by atoms with E-state index in [2.05, 4.69) is 15.9 Å². The van der Waals surface area contributed by atoms with E-state index < -0.39 is 0 Å². The lowest BCUT2D eigenvalue weighted by Crippen LogP contribution is -2.04. The van der Waals surface area contributed by atoms with Gasteiger partial charge in [0.2, 0.25) is 0 Å². The van der Waals surface area contributed by atoms with Crippen LogP contribution in [0, 0.1) is 18.8 Å². The van der Waals surface area contributed by atoms with Crippen molar-refractivity contribution in [2.75, 3.05) is 0 Å². The predicted molar refractivity (Wildman–Crippen MR) is 85.4 cm³/mol. The Bertz CT molecular complexity index is 673. The summed E-state index contributed by atoms with van der Waals surface area (Å²) in [6.07, 6.45) is 0.920. The fraction of sp³-hybridized carbons (Fsp3) is 0.222. The van der Waals surface area contributed by atoms with Crippen LogP contribution in [-0.2, 0) is 4.79 Å². The number of hydrogen-bond donors (Lipinski definition) is 0. The van der Waals surface area contributed by atoms with Gasteiger partial charge in [-0.15, -0.1) is 0 Å². The van der Waals surface area contributed by atoms with E-state index in [1.54, 1.807) is 0 Å². The summed E-state index contributed by atoms with van der Waals surface area (Å²) < 4.78 is 0.996. The Morgan fingerprint density at radius 3 is 2.24 bits per heavy atom. The molecule has 0 bridgehead atoms. The molecule has 3 atom stereocenters. The van der Waals surface area contributed by atoms with Crippen molar-refractivity contribution in [3.05, 3.63) is 69.7 Å². The molecular formula is C18H15BrO2. The summed E-state index contributed by atoms with van der Waals surface area (Å²) in [6.45, 7) is 1.99. The van der Waals surface area contributed by atoms with Gasteiger partial charge in [-0.25, -0.2) is 0 Å². The number of Topliss-reactive ketones (excluding diaryl/α,β-unsaturated/α-hetero) is 1. The number of carbonyl (C=O) groups excluding carboxylic acids is 2. The van der Waals surface area contributed by atoms with Crippen LogP contribution in [0.2, 0.25) is 0 Å². The van der Waals surface area contributed by atoms with Crippen molar-refractivity contribution in [1.82, 2.24) is 0 Å². The number of ketones is 1. The van der Waals surface area contributed by atoms with Crippen molar-refractivity contribution >= 4 is 28.0 Å². The third-order valence-electron chi connectivity index (χ3n) is 4.13. The van der Waals surface area contributed by atoms with Crippen LogP contribution < -0.4 is 0 Å². The Morgan fingerprint density at radius 1 is 1.05 bits per heavy atom. The second kappa shape index (κ2) is 5.57. The van der Waals surface area contributed by atoms with Gasteiger partial charge in [-0.05, 0) is 24.6 Å². The quantitative estimate of drug-likeness (QED) is 0.617. The molecule has 1 saturated carbocycles. The highest BCUT2D eigenvalue weighted by molar-refractivity contribution is 9.10. The van der Waals surface area contributed by atoms with E-state index in [1.165, 1.54) is 0 Å². The van der Waals surface area contributed by atoms with Gasteiger partial charge in [0.15, 0.2) is 5.78 Å². The molecule has 0 aromatic heterocycles. The lowest BCUT2D eigenvalue weighted by Gasteiger charge is -2.02. The van der Waals surface area contributed by atoms with Crippen LogP contribution in [0.4, 0.5) is 0 Å². The Balaban J connectivity index is 1.85. The first-order chi connectivity index (χ1) is 10.1. The molecule has 0 amide bonds. The number of aldehydes is 1. The summed E-state index contributed by atoms with van der Waals surface area (Å²) in [5, 5.41) is 0. The van der Waals surface area contributed by atoms with Crippen molar-refractivity contribution in [2.45, 2.75) is 12.8 Å². The van der Waals surface area contributed by atoms with Gasteiger partial charge in [0.1, 0.15) is 6.29 Å². The average molecular weight is 343 g/mol. The minimum atomic E-state index is -0.216. The molecule has 21 heavy (non-hydrogen) atoms. The maximum Gasteiger partial charge on any atom is 0.167 e. The first-order valence-electron chi connectivity index (χ1n) is 6.93. The molecule has 0 heterocycles. The fourth-order valence-electron chi connectivity index (χ4n) is 2.87. The number of halogens is 1. The molecule has 2 aromatic rings. The topological polar surface area (TPSA) is 34.1 Å². The largest absolute Gasteiger partial charge is 0.303 e. The van der Waals surface area contributed by atoms with Gasteiger partial charge in [-0.2, -0.15) is 0 Å². The predicted octanol–water partition coefficient (Wildman–Crippen LogP) is 4.17. The summed E-state index contributed by atoms with van der Waals surface area (Å²) >= 11 is 3.40. The zero-order valence-electron chi connectivity index (χ0n) is 11.6. The normalized spacial score (nSPS) is 23.6. The van der Waals surface area contributed by atoms with Crippen molar-refractivity contribution in [1.29, 1.82) is 0 Å². The molecule has 1 fully saturated rings. The summed E-state index contributed by atoms with van der Waals surface area (Å²) in [5.74, 6) is -0.323. The Morgan fingerprint density at radius 2 is 1.67 bits per heavy atom. The van der Waals surface area contributed by atoms with E-state index in [-0.39, 0.29) is 23.5 Å². The molecule has 0 aliphatic heterocycles. The van der Waals surface area contributed by atoms with Gasteiger partial charge >= 0.3 is 0 Å². The van der Waals surface area contributed by atoms with Gasteiger partial charge in [-0.3, -0.25) is 4.79 Å². The molecule has 0 saturated heterocycles. The molecule has 0 spiro atoms. The number of benzene rings is 2. The zero-order chi connectivity index (χ0) is 15.0. The van der Waals surface area contributed by atoms with Gasteiger partial charge in [0.25, 0.3) is 0 Å². The van der Waals surface area contributed by atoms with Gasteiger partial charge in [-0.1, -0.05) is 57.9 Å². The third-order valence-corrected chi connectivity index (χ3v) is 4.65. The molecular weight excluding hydrogens is 328 g/mol. The maximum atomic E-state index is 12.6. The lowest BCUT2D eigenvalue weighted by molar-refractivity contribution is -0.109. The molecule has 1 aliphatic carbocycles. The van der Waals surface area contributed by atoms with Crippen molar-refractivity contribution in [2.24, 2.45) is 11.8 Å². The number of rotatable bonds is 4. The smallest absolute Gasteiger partial charge is 0.167 e.